The number of esters is 1. The average molecular weight is 332 g/mol. The number of hydrogen-bond acceptors (Lipinski definition) is 3. The number of nitrogens with zero attached hydrogens (tertiary/aromatic N) is 1. The maximum atomic E-state index is 12.2. The summed E-state index contributed by atoms with van der Waals surface area (Å²) < 4.78 is 4.96. The molecule has 0 atom stereocenters. The Kier molecular flexibility index (Phi) is 6.18. The van der Waals surface area contributed by atoms with Crippen molar-refractivity contribution < 1.29 is 14.3 Å². The predicted octanol–water partition coefficient (Wildman–Crippen LogP) is 3.49. The Hall–Kier alpha value is -2.33. The SMILES string of the molecule is CCOC(=O)CN(C(=O)CCl)c1ccccc1-c1ccccc1. The van der Waals surface area contributed by atoms with Crippen LogP contribution in [0.2, 0.25) is 0 Å². The highest BCUT2D eigenvalue weighted by Crippen LogP contribution is 2.30. The maximum Gasteiger partial charge on any atom is 0.326 e. The molecule has 4 nitrogen and oxygen atoms in total. The lowest BCUT2D eigenvalue weighted by Gasteiger charge is -2.23. The molecule has 0 aliphatic heterocycles. The first-order valence-corrected chi connectivity index (χ1v) is 7.87. The second-order valence-corrected chi connectivity index (χ2v) is 5.07. The lowest BCUT2D eigenvalue weighted by molar-refractivity contribution is -0.142. The van der Waals surface area contributed by atoms with Crippen molar-refractivity contribution in [1.29, 1.82) is 0 Å². The van der Waals surface area contributed by atoms with Gasteiger partial charge in [-0.2, -0.15) is 0 Å². The van der Waals surface area contributed by atoms with Gasteiger partial charge in [0.15, 0.2) is 0 Å². The fourth-order valence-electron chi connectivity index (χ4n) is 2.29. The van der Waals surface area contributed by atoms with Crippen molar-refractivity contribution in [1.82, 2.24) is 0 Å². The van der Waals surface area contributed by atoms with Crippen molar-refractivity contribution in [3.63, 3.8) is 0 Å². The van der Waals surface area contributed by atoms with Crippen molar-refractivity contribution in [2.75, 3.05) is 23.9 Å². The van der Waals surface area contributed by atoms with Crippen molar-refractivity contribution in [2.45, 2.75) is 6.92 Å². The zero-order valence-electron chi connectivity index (χ0n) is 12.9. The van der Waals surface area contributed by atoms with Crippen molar-refractivity contribution in [2.24, 2.45) is 0 Å². The number of halogens is 1. The molecule has 120 valence electrons. The molecule has 2 aromatic carbocycles. The molecule has 0 unspecified atom stereocenters. The molecular formula is C18H18ClNO3. The molecule has 0 aliphatic rings. The Balaban J connectivity index is 2.43. The predicted molar refractivity (Wildman–Crippen MR) is 91.6 cm³/mol. The number of carbonyl (C=O) groups is 2. The fourth-order valence-corrected chi connectivity index (χ4v) is 2.43. The molecule has 0 saturated heterocycles. The van der Waals surface area contributed by atoms with E-state index in [1.54, 1.807) is 13.0 Å². The highest BCUT2D eigenvalue weighted by atomic mass is 35.5. The number of anilines is 1. The fraction of sp³-hybridized carbons (Fsp3) is 0.222. The highest BCUT2D eigenvalue weighted by molar-refractivity contribution is 6.29. The number of hydrogen-bond donors (Lipinski definition) is 0. The smallest absolute Gasteiger partial charge is 0.326 e. The van der Waals surface area contributed by atoms with E-state index in [1.165, 1.54) is 4.90 Å². The van der Waals surface area contributed by atoms with Crippen LogP contribution >= 0.6 is 11.6 Å². The van der Waals surface area contributed by atoms with Crippen LogP contribution in [-0.4, -0.2) is 30.9 Å². The van der Waals surface area contributed by atoms with Gasteiger partial charge < -0.3 is 4.74 Å². The molecule has 0 bridgehead atoms. The van der Waals surface area contributed by atoms with E-state index in [0.29, 0.717) is 5.69 Å². The molecular weight excluding hydrogens is 314 g/mol. The van der Waals surface area contributed by atoms with Gasteiger partial charge in [0.1, 0.15) is 12.4 Å². The molecule has 0 saturated carbocycles. The summed E-state index contributed by atoms with van der Waals surface area (Å²) in [6.07, 6.45) is 0. The first-order chi connectivity index (χ1) is 11.2. The molecule has 0 aliphatic carbocycles. The van der Waals surface area contributed by atoms with Gasteiger partial charge in [0.2, 0.25) is 5.91 Å². The summed E-state index contributed by atoms with van der Waals surface area (Å²) in [6.45, 7) is 1.83. The normalized spacial score (nSPS) is 10.2. The van der Waals surface area contributed by atoms with E-state index in [9.17, 15) is 9.59 Å². The molecule has 0 N–H and O–H groups in total. The van der Waals surface area contributed by atoms with Gasteiger partial charge in [0.25, 0.3) is 0 Å². The minimum atomic E-state index is -0.464. The van der Waals surface area contributed by atoms with Gasteiger partial charge in [0, 0.05) is 5.56 Å². The van der Waals surface area contributed by atoms with Crippen LogP contribution in [0.5, 0.6) is 0 Å². The van der Waals surface area contributed by atoms with Crippen LogP contribution < -0.4 is 4.90 Å². The monoisotopic (exact) mass is 331 g/mol. The van der Waals surface area contributed by atoms with Crippen molar-refractivity contribution >= 4 is 29.2 Å². The number of rotatable bonds is 6. The largest absolute Gasteiger partial charge is 0.465 e. The minimum Gasteiger partial charge on any atom is -0.465 e. The third-order valence-electron chi connectivity index (χ3n) is 3.29. The lowest BCUT2D eigenvalue weighted by Crippen LogP contribution is -2.37. The zero-order chi connectivity index (χ0) is 16.7. The van der Waals surface area contributed by atoms with Crippen LogP contribution in [0.25, 0.3) is 11.1 Å². The van der Waals surface area contributed by atoms with Crippen LogP contribution in [0.1, 0.15) is 6.92 Å². The number of para-hydroxylation sites is 1. The summed E-state index contributed by atoms with van der Waals surface area (Å²) in [4.78, 5) is 25.4. The van der Waals surface area contributed by atoms with Gasteiger partial charge in [-0.05, 0) is 18.6 Å². The number of carbonyl (C=O) groups excluding carboxylic acids is 2. The summed E-state index contributed by atoms with van der Waals surface area (Å²) in [7, 11) is 0. The summed E-state index contributed by atoms with van der Waals surface area (Å²) in [5, 5.41) is 0. The number of amides is 1. The van der Waals surface area contributed by atoms with E-state index in [0.717, 1.165) is 11.1 Å². The molecule has 0 aromatic heterocycles. The van der Waals surface area contributed by atoms with Gasteiger partial charge in [-0.1, -0.05) is 48.5 Å². The Labute approximate surface area is 140 Å². The first-order valence-electron chi connectivity index (χ1n) is 7.33. The third kappa shape index (κ3) is 4.33. The van der Waals surface area contributed by atoms with E-state index in [2.05, 4.69) is 0 Å². The van der Waals surface area contributed by atoms with Gasteiger partial charge in [-0.25, -0.2) is 0 Å². The lowest BCUT2D eigenvalue weighted by atomic mass is 10.0. The standard InChI is InChI=1S/C18H18ClNO3/c1-2-23-18(22)13-20(17(21)12-19)16-11-7-6-10-15(16)14-8-4-3-5-9-14/h3-11H,2,12-13H2,1H3. The molecule has 23 heavy (non-hydrogen) atoms. The minimum absolute atomic E-state index is 0.163. The molecule has 1 amide bonds. The Morgan fingerprint density at radius 1 is 1.04 bits per heavy atom. The molecule has 0 heterocycles. The maximum absolute atomic E-state index is 12.2. The average Bonchev–Trinajstić information content (AvgIpc) is 2.60. The quantitative estimate of drug-likeness (QED) is 0.601. The van der Waals surface area contributed by atoms with Gasteiger partial charge >= 0.3 is 5.97 Å². The molecule has 0 radical (unpaired) electrons. The Morgan fingerprint density at radius 3 is 2.35 bits per heavy atom. The van der Waals surface area contributed by atoms with E-state index in [1.807, 2.05) is 48.5 Å². The van der Waals surface area contributed by atoms with Crippen molar-refractivity contribution in [3.05, 3.63) is 54.6 Å². The summed E-state index contributed by atoms with van der Waals surface area (Å²) in [5.41, 5.74) is 2.45. The second-order valence-electron chi connectivity index (χ2n) is 4.80. The topological polar surface area (TPSA) is 46.6 Å². The van der Waals surface area contributed by atoms with Crippen LogP contribution in [0, 0.1) is 0 Å². The summed E-state index contributed by atoms with van der Waals surface area (Å²) in [5.74, 6) is -1.01. The summed E-state index contributed by atoms with van der Waals surface area (Å²) in [6, 6.07) is 17.1. The van der Waals surface area contributed by atoms with E-state index in [4.69, 9.17) is 16.3 Å². The molecule has 0 spiro atoms. The molecule has 2 rings (SSSR count). The van der Waals surface area contributed by atoms with Crippen LogP contribution in [0.4, 0.5) is 5.69 Å². The third-order valence-corrected chi connectivity index (χ3v) is 3.52. The Bertz CT molecular complexity index is 673. The number of alkyl halides is 1. The van der Waals surface area contributed by atoms with Gasteiger partial charge in [-0.15, -0.1) is 11.6 Å². The van der Waals surface area contributed by atoms with Crippen LogP contribution in [0.15, 0.2) is 54.6 Å². The molecule has 2 aromatic rings. The van der Waals surface area contributed by atoms with Gasteiger partial charge in [-0.3, -0.25) is 14.5 Å². The van der Waals surface area contributed by atoms with Crippen LogP contribution in [-0.2, 0) is 14.3 Å². The van der Waals surface area contributed by atoms with Gasteiger partial charge in [0.05, 0.1) is 12.3 Å². The second kappa shape index (κ2) is 8.34. The zero-order valence-corrected chi connectivity index (χ0v) is 13.6. The van der Waals surface area contributed by atoms with E-state index < -0.39 is 5.97 Å². The van der Waals surface area contributed by atoms with Crippen molar-refractivity contribution in [3.8, 4) is 11.1 Å². The molecule has 0 fully saturated rings. The Morgan fingerprint density at radius 2 is 1.70 bits per heavy atom. The van der Waals surface area contributed by atoms with E-state index >= 15 is 0 Å². The number of ether oxygens (including phenoxy) is 1. The molecule has 5 heteroatoms. The first kappa shape index (κ1) is 17.0. The number of benzene rings is 2. The van der Waals surface area contributed by atoms with E-state index in [-0.39, 0.29) is 24.9 Å². The summed E-state index contributed by atoms with van der Waals surface area (Å²) >= 11 is 5.71. The van der Waals surface area contributed by atoms with Crippen LogP contribution in [0.3, 0.4) is 0 Å². The highest BCUT2D eigenvalue weighted by Gasteiger charge is 2.21.